The predicted octanol–water partition coefficient (Wildman–Crippen LogP) is 1.89. The van der Waals surface area contributed by atoms with E-state index >= 15 is 0 Å². The summed E-state index contributed by atoms with van der Waals surface area (Å²) in [5, 5.41) is 3.10. The molecule has 0 aromatic carbocycles. The first kappa shape index (κ1) is 12.5. The molecule has 1 fully saturated rings. The molecule has 2 heterocycles. The number of likely N-dealkylation sites (tertiary alicyclic amines) is 1. The van der Waals surface area contributed by atoms with Gasteiger partial charge in [0.25, 0.3) is 0 Å². The zero-order chi connectivity index (χ0) is 12.3. The molecule has 1 aromatic rings. The van der Waals surface area contributed by atoms with Crippen LogP contribution < -0.4 is 5.32 Å². The number of carbonyl (C=O) groups excluding carboxylic acids is 1. The monoisotopic (exact) mass is 256 g/mol. The average Bonchev–Trinajstić information content (AvgIpc) is 2.89. The fourth-order valence-corrected chi connectivity index (χ4v) is 2.41. The van der Waals surface area contributed by atoms with Crippen LogP contribution in [-0.2, 0) is 11.3 Å². The first-order valence-electron chi connectivity index (χ1n) is 5.84. The fourth-order valence-electron chi connectivity index (χ4n) is 2.24. The number of halogens is 1. The third-order valence-corrected chi connectivity index (χ3v) is 3.33. The molecule has 94 valence electrons. The van der Waals surface area contributed by atoms with Crippen molar-refractivity contribution in [3.05, 3.63) is 23.1 Å². The minimum absolute atomic E-state index is 0.123. The highest BCUT2D eigenvalue weighted by molar-refractivity contribution is 6.28. The molecule has 1 aliphatic heterocycles. The molecule has 1 atom stereocenters. The van der Waals surface area contributed by atoms with Gasteiger partial charge in [-0.1, -0.05) is 0 Å². The van der Waals surface area contributed by atoms with Gasteiger partial charge >= 0.3 is 0 Å². The summed E-state index contributed by atoms with van der Waals surface area (Å²) in [6.07, 6.45) is 1.69. The molecule has 0 radical (unpaired) electrons. The van der Waals surface area contributed by atoms with E-state index in [1.165, 1.54) is 0 Å². The second kappa shape index (κ2) is 5.56. The molecule has 2 rings (SSSR count). The quantitative estimate of drug-likeness (QED) is 0.895. The van der Waals surface area contributed by atoms with E-state index in [0.717, 1.165) is 31.8 Å². The number of hydrogen-bond acceptors (Lipinski definition) is 3. The molecular formula is C12H17ClN2O2. The van der Waals surface area contributed by atoms with Crippen LogP contribution in [0.5, 0.6) is 0 Å². The van der Waals surface area contributed by atoms with Crippen LogP contribution in [0.1, 0.15) is 18.6 Å². The van der Waals surface area contributed by atoms with Gasteiger partial charge in [-0.3, -0.25) is 9.69 Å². The van der Waals surface area contributed by atoms with Crippen LogP contribution in [0.4, 0.5) is 0 Å². The summed E-state index contributed by atoms with van der Waals surface area (Å²) >= 11 is 5.72. The Hall–Kier alpha value is -1.00. The van der Waals surface area contributed by atoms with E-state index in [2.05, 4.69) is 10.2 Å². The summed E-state index contributed by atoms with van der Waals surface area (Å²) in [6.45, 7) is 2.74. The Kier molecular flexibility index (Phi) is 4.07. The SMILES string of the molecule is CNC(=O)CC1CCN(Cc2ccc(Cl)o2)C1. The Morgan fingerprint density at radius 2 is 2.47 bits per heavy atom. The van der Waals surface area contributed by atoms with Crippen LogP contribution in [0.2, 0.25) is 5.22 Å². The first-order chi connectivity index (χ1) is 8.17. The van der Waals surface area contributed by atoms with Gasteiger partial charge in [0.2, 0.25) is 5.91 Å². The van der Waals surface area contributed by atoms with Crippen molar-refractivity contribution in [3.8, 4) is 0 Å². The molecule has 1 amide bonds. The Balaban J connectivity index is 1.80. The van der Waals surface area contributed by atoms with Crippen molar-refractivity contribution in [2.75, 3.05) is 20.1 Å². The molecule has 1 unspecified atom stereocenters. The summed E-state index contributed by atoms with van der Waals surface area (Å²) in [5.74, 6) is 1.47. The van der Waals surface area contributed by atoms with E-state index in [9.17, 15) is 4.79 Å². The molecule has 0 spiro atoms. The number of carbonyl (C=O) groups is 1. The van der Waals surface area contributed by atoms with Crippen LogP contribution in [0, 0.1) is 5.92 Å². The Labute approximate surface area is 106 Å². The maximum Gasteiger partial charge on any atom is 0.220 e. The van der Waals surface area contributed by atoms with E-state index in [0.29, 0.717) is 17.6 Å². The van der Waals surface area contributed by atoms with Crippen molar-refractivity contribution in [2.45, 2.75) is 19.4 Å². The third-order valence-electron chi connectivity index (χ3n) is 3.13. The van der Waals surface area contributed by atoms with E-state index in [-0.39, 0.29) is 5.91 Å². The highest BCUT2D eigenvalue weighted by Crippen LogP contribution is 2.22. The molecule has 17 heavy (non-hydrogen) atoms. The average molecular weight is 257 g/mol. The van der Waals surface area contributed by atoms with Crippen molar-refractivity contribution < 1.29 is 9.21 Å². The summed E-state index contributed by atoms with van der Waals surface area (Å²) in [5.41, 5.74) is 0. The van der Waals surface area contributed by atoms with Gasteiger partial charge in [-0.2, -0.15) is 0 Å². The number of nitrogens with zero attached hydrogens (tertiary/aromatic N) is 1. The van der Waals surface area contributed by atoms with E-state index in [4.69, 9.17) is 16.0 Å². The summed E-state index contributed by atoms with van der Waals surface area (Å²) in [6, 6.07) is 3.66. The highest BCUT2D eigenvalue weighted by Gasteiger charge is 2.24. The van der Waals surface area contributed by atoms with Crippen molar-refractivity contribution in [3.63, 3.8) is 0 Å². The zero-order valence-corrected chi connectivity index (χ0v) is 10.7. The smallest absolute Gasteiger partial charge is 0.220 e. The van der Waals surface area contributed by atoms with Crippen LogP contribution in [0.3, 0.4) is 0 Å². The summed E-state index contributed by atoms with van der Waals surface area (Å²) in [4.78, 5) is 13.6. The second-order valence-corrected chi connectivity index (χ2v) is 4.85. The lowest BCUT2D eigenvalue weighted by atomic mass is 10.1. The van der Waals surface area contributed by atoms with Gasteiger partial charge in [0, 0.05) is 20.0 Å². The van der Waals surface area contributed by atoms with Gasteiger partial charge in [0.1, 0.15) is 5.76 Å². The van der Waals surface area contributed by atoms with Gasteiger partial charge in [-0.25, -0.2) is 0 Å². The number of furan rings is 1. The van der Waals surface area contributed by atoms with Gasteiger partial charge in [-0.15, -0.1) is 0 Å². The lowest BCUT2D eigenvalue weighted by molar-refractivity contribution is -0.121. The third kappa shape index (κ3) is 3.48. The van der Waals surface area contributed by atoms with Gasteiger partial charge in [-0.05, 0) is 42.6 Å². The van der Waals surface area contributed by atoms with Crippen molar-refractivity contribution in [1.29, 1.82) is 0 Å². The molecule has 0 aliphatic carbocycles. The zero-order valence-electron chi connectivity index (χ0n) is 9.91. The minimum Gasteiger partial charge on any atom is -0.448 e. The van der Waals surface area contributed by atoms with Crippen molar-refractivity contribution >= 4 is 17.5 Å². The maximum atomic E-state index is 11.3. The standard InChI is InChI=1S/C12H17ClN2O2/c1-14-12(16)6-9-4-5-15(7-9)8-10-2-3-11(13)17-10/h2-3,9H,4-8H2,1H3,(H,14,16). The van der Waals surface area contributed by atoms with E-state index in [1.54, 1.807) is 13.1 Å². The topological polar surface area (TPSA) is 45.5 Å². The number of amides is 1. The molecule has 5 heteroatoms. The molecule has 1 aliphatic rings. The highest BCUT2D eigenvalue weighted by atomic mass is 35.5. The van der Waals surface area contributed by atoms with Gasteiger partial charge < -0.3 is 9.73 Å². The second-order valence-electron chi connectivity index (χ2n) is 4.47. The Bertz CT molecular complexity index is 392. The normalized spacial score (nSPS) is 20.7. The Morgan fingerprint density at radius 1 is 1.65 bits per heavy atom. The van der Waals surface area contributed by atoms with Crippen molar-refractivity contribution in [2.24, 2.45) is 5.92 Å². The Morgan fingerprint density at radius 3 is 3.12 bits per heavy atom. The first-order valence-corrected chi connectivity index (χ1v) is 6.22. The molecule has 1 N–H and O–H groups in total. The molecule has 1 saturated heterocycles. The molecule has 4 nitrogen and oxygen atoms in total. The molecule has 1 aromatic heterocycles. The van der Waals surface area contributed by atoms with Crippen molar-refractivity contribution in [1.82, 2.24) is 10.2 Å². The largest absolute Gasteiger partial charge is 0.448 e. The minimum atomic E-state index is 0.123. The maximum absolute atomic E-state index is 11.3. The molecular weight excluding hydrogens is 240 g/mol. The van der Waals surface area contributed by atoms with Crippen LogP contribution in [0.15, 0.2) is 16.5 Å². The predicted molar refractivity (Wildman–Crippen MR) is 65.8 cm³/mol. The van der Waals surface area contributed by atoms with E-state index in [1.807, 2.05) is 6.07 Å². The lowest BCUT2D eigenvalue weighted by Gasteiger charge is -2.13. The number of hydrogen-bond donors (Lipinski definition) is 1. The summed E-state index contributed by atoms with van der Waals surface area (Å²) in [7, 11) is 1.68. The summed E-state index contributed by atoms with van der Waals surface area (Å²) < 4.78 is 5.33. The van der Waals surface area contributed by atoms with Crippen LogP contribution >= 0.6 is 11.6 Å². The fraction of sp³-hybridized carbons (Fsp3) is 0.583. The van der Waals surface area contributed by atoms with E-state index < -0.39 is 0 Å². The molecule has 0 saturated carbocycles. The molecule has 0 bridgehead atoms. The lowest BCUT2D eigenvalue weighted by Crippen LogP contribution is -2.24. The van der Waals surface area contributed by atoms with Gasteiger partial charge in [0.05, 0.1) is 6.54 Å². The van der Waals surface area contributed by atoms with Crippen LogP contribution in [0.25, 0.3) is 0 Å². The van der Waals surface area contributed by atoms with Gasteiger partial charge in [0.15, 0.2) is 5.22 Å². The van der Waals surface area contributed by atoms with Crippen LogP contribution in [-0.4, -0.2) is 30.9 Å². The number of rotatable bonds is 4. The number of nitrogens with one attached hydrogen (secondary N) is 1.